The predicted molar refractivity (Wildman–Crippen MR) is 57.9 cm³/mol. The van der Waals surface area contributed by atoms with E-state index in [1.54, 1.807) is 0 Å². The zero-order valence-corrected chi connectivity index (χ0v) is 10.1. The van der Waals surface area contributed by atoms with E-state index in [9.17, 15) is 0 Å². The topological polar surface area (TPSA) is 20.2 Å². The van der Waals surface area contributed by atoms with Crippen molar-refractivity contribution >= 4 is 15.4 Å². The lowest BCUT2D eigenvalue weighted by Gasteiger charge is -1.90. The number of benzene rings is 1. The third kappa shape index (κ3) is 7.50. The Morgan fingerprint density at radius 1 is 1.25 bits per heavy atom. The molecule has 0 aliphatic heterocycles. The summed E-state index contributed by atoms with van der Waals surface area (Å²) in [6.07, 6.45) is 0. The van der Waals surface area contributed by atoms with Crippen LogP contribution in [0, 0.1) is 5.92 Å². The first kappa shape index (κ1) is 11.4. The standard InChI is InChI=1S/C6H8Si.C4H10O/c7-6-4-2-1-3-5-6;1-4(2)3-5/h1-5H,7H3;4-5H,3H2,1-2H3. The first-order valence-electron chi connectivity index (χ1n) is 4.29. The van der Waals surface area contributed by atoms with Crippen molar-refractivity contribution in [2.75, 3.05) is 6.61 Å². The molecule has 0 amide bonds. The Morgan fingerprint density at radius 2 is 1.67 bits per heavy atom. The van der Waals surface area contributed by atoms with E-state index in [0.29, 0.717) is 12.5 Å². The number of hydrogen-bond donors (Lipinski definition) is 1. The molecule has 1 nitrogen and oxygen atoms in total. The molecule has 0 unspecified atom stereocenters. The van der Waals surface area contributed by atoms with Gasteiger partial charge in [0.05, 0.1) is 0 Å². The summed E-state index contributed by atoms with van der Waals surface area (Å²) in [6.45, 7) is 4.25. The van der Waals surface area contributed by atoms with Crippen molar-refractivity contribution < 1.29 is 5.11 Å². The SMILES string of the molecule is CC(C)CO.[SiH3]c1ccccc1. The van der Waals surface area contributed by atoms with Crippen molar-refractivity contribution in [2.24, 2.45) is 5.92 Å². The smallest absolute Gasteiger partial charge is 0.0453 e. The Bertz CT molecular complexity index is 184. The Hall–Kier alpha value is -0.603. The van der Waals surface area contributed by atoms with Crippen LogP contribution in [0.5, 0.6) is 0 Å². The normalized spacial score (nSPS) is 9.33. The van der Waals surface area contributed by atoms with Crippen molar-refractivity contribution in [3.63, 3.8) is 0 Å². The molecule has 0 aliphatic rings. The molecule has 0 spiro atoms. The molecule has 0 aliphatic carbocycles. The van der Waals surface area contributed by atoms with Gasteiger partial charge < -0.3 is 5.11 Å². The van der Waals surface area contributed by atoms with Crippen molar-refractivity contribution in [1.29, 1.82) is 0 Å². The number of hydrogen-bond acceptors (Lipinski definition) is 1. The maximum Gasteiger partial charge on any atom is 0.0453 e. The van der Waals surface area contributed by atoms with Gasteiger partial charge in [0.1, 0.15) is 0 Å². The van der Waals surface area contributed by atoms with Gasteiger partial charge in [0.25, 0.3) is 0 Å². The molecule has 0 atom stereocenters. The average molecular weight is 182 g/mol. The van der Waals surface area contributed by atoms with Crippen LogP contribution in [0.15, 0.2) is 30.3 Å². The van der Waals surface area contributed by atoms with Gasteiger partial charge in [-0.05, 0) is 5.92 Å². The van der Waals surface area contributed by atoms with Gasteiger partial charge in [0.15, 0.2) is 0 Å². The molecule has 2 heteroatoms. The molecule has 0 fully saturated rings. The highest BCUT2D eigenvalue weighted by Gasteiger charge is 1.81. The lowest BCUT2D eigenvalue weighted by atomic mass is 10.2. The Kier molecular flexibility index (Phi) is 6.71. The molecule has 1 aromatic rings. The van der Waals surface area contributed by atoms with E-state index in [-0.39, 0.29) is 0 Å². The minimum atomic E-state index is 0.306. The zero-order valence-electron chi connectivity index (χ0n) is 8.12. The molecule has 1 rings (SSSR count). The van der Waals surface area contributed by atoms with Crippen LogP contribution in [0.25, 0.3) is 0 Å². The molecule has 68 valence electrons. The van der Waals surface area contributed by atoms with Gasteiger partial charge in [-0.15, -0.1) is 0 Å². The maximum absolute atomic E-state index is 8.14. The molecular weight excluding hydrogens is 164 g/mol. The van der Waals surface area contributed by atoms with E-state index in [1.807, 2.05) is 19.9 Å². The Balaban J connectivity index is 0.000000217. The Morgan fingerprint density at radius 3 is 1.83 bits per heavy atom. The fraction of sp³-hybridized carbons (Fsp3) is 0.400. The van der Waals surface area contributed by atoms with E-state index in [0.717, 1.165) is 0 Å². The minimum Gasteiger partial charge on any atom is -0.396 e. The molecule has 0 saturated carbocycles. The van der Waals surface area contributed by atoms with Gasteiger partial charge in [-0.2, -0.15) is 0 Å². The first-order valence-corrected chi connectivity index (χ1v) is 5.29. The van der Waals surface area contributed by atoms with Gasteiger partial charge in [-0.25, -0.2) is 0 Å². The van der Waals surface area contributed by atoms with E-state index < -0.39 is 0 Å². The van der Waals surface area contributed by atoms with Gasteiger partial charge in [-0.3, -0.25) is 0 Å². The van der Waals surface area contributed by atoms with Crippen molar-refractivity contribution in [1.82, 2.24) is 0 Å². The molecule has 0 aromatic heterocycles. The van der Waals surface area contributed by atoms with Crippen LogP contribution in [0.1, 0.15) is 13.8 Å². The highest BCUT2D eigenvalue weighted by Crippen LogP contribution is 1.83. The average Bonchev–Trinajstić information content (AvgIpc) is 2.07. The van der Waals surface area contributed by atoms with Crippen LogP contribution in [-0.4, -0.2) is 22.0 Å². The van der Waals surface area contributed by atoms with Gasteiger partial charge >= 0.3 is 0 Å². The molecular formula is C10H18OSi. The van der Waals surface area contributed by atoms with Gasteiger partial charge in [0.2, 0.25) is 0 Å². The summed E-state index contributed by atoms with van der Waals surface area (Å²) >= 11 is 0. The lowest BCUT2D eigenvalue weighted by Crippen LogP contribution is -1.97. The van der Waals surface area contributed by atoms with E-state index in [1.165, 1.54) is 15.4 Å². The highest BCUT2D eigenvalue weighted by molar-refractivity contribution is 6.32. The second-order valence-corrected chi connectivity index (χ2v) is 4.39. The van der Waals surface area contributed by atoms with Gasteiger partial charge in [-0.1, -0.05) is 49.4 Å². The molecule has 0 saturated heterocycles. The minimum absolute atomic E-state index is 0.306. The Labute approximate surface area is 77.9 Å². The quantitative estimate of drug-likeness (QED) is 0.620. The number of aliphatic hydroxyl groups is 1. The van der Waals surface area contributed by atoms with Crippen molar-refractivity contribution in [3.05, 3.63) is 30.3 Å². The first-order chi connectivity index (χ1) is 5.66. The van der Waals surface area contributed by atoms with Crippen molar-refractivity contribution in [3.8, 4) is 0 Å². The largest absolute Gasteiger partial charge is 0.396 e. The van der Waals surface area contributed by atoms with E-state index >= 15 is 0 Å². The predicted octanol–water partition coefficient (Wildman–Crippen LogP) is 0.312. The van der Waals surface area contributed by atoms with E-state index in [2.05, 4.69) is 24.3 Å². The summed E-state index contributed by atoms with van der Waals surface area (Å²) in [4.78, 5) is 0. The molecule has 0 heterocycles. The third-order valence-corrected chi connectivity index (χ3v) is 1.97. The fourth-order valence-corrected chi connectivity index (χ4v) is 0.919. The summed E-state index contributed by atoms with van der Waals surface area (Å²) in [5, 5.41) is 9.60. The molecule has 0 radical (unpaired) electrons. The summed E-state index contributed by atoms with van der Waals surface area (Å²) in [6, 6.07) is 10.5. The summed E-state index contributed by atoms with van der Waals surface area (Å²) in [5.74, 6) is 0.440. The van der Waals surface area contributed by atoms with Crippen LogP contribution in [0.3, 0.4) is 0 Å². The summed E-state index contributed by atoms with van der Waals surface area (Å²) in [7, 11) is 1.17. The van der Waals surface area contributed by atoms with Gasteiger partial charge in [0, 0.05) is 16.8 Å². The van der Waals surface area contributed by atoms with Crippen LogP contribution < -0.4 is 5.19 Å². The van der Waals surface area contributed by atoms with Crippen molar-refractivity contribution in [2.45, 2.75) is 13.8 Å². The van der Waals surface area contributed by atoms with E-state index in [4.69, 9.17) is 5.11 Å². The number of aliphatic hydroxyl groups excluding tert-OH is 1. The maximum atomic E-state index is 8.14. The fourth-order valence-electron chi connectivity index (χ4n) is 0.534. The second kappa shape index (κ2) is 7.07. The monoisotopic (exact) mass is 182 g/mol. The van der Waals surface area contributed by atoms with Crippen LogP contribution in [0.4, 0.5) is 0 Å². The lowest BCUT2D eigenvalue weighted by molar-refractivity contribution is 0.248. The van der Waals surface area contributed by atoms with Crippen LogP contribution >= 0.6 is 0 Å². The van der Waals surface area contributed by atoms with Crippen LogP contribution in [0.2, 0.25) is 0 Å². The number of rotatable bonds is 1. The highest BCUT2D eigenvalue weighted by atomic mass is 28.1. The molecule has 1 N–H and O–H groups in total. The van der Waals surface area contributed by atoms with Crippen LogP contribution in [-0.2, 0) is 0 Å². The molecule has 0 bridgehead atoms. The molecule has 12 heavy (non-hydrogen) atoms. The molecule has 1 aromatic carbocycles. The summed E-state index contributed by atoms with van der Waals surface area (Å²) in [5.41, 5.74) is 0. The third-order valence-electron chi connectivity index (χ3n) is 1.31. The zero-order chi connectivity index (χ0) is 9.40. The summed E-state index contributed by atoms with van der Waals surface area (Å²) < 4.78 is 0. The second-order valence-electron chi connectivity index (χ2n) is 3.23.